The number of hydrogen-bond acceptors (Lipinski definition) is 4. The fourth-order valence-corrected chi connectivity index (χ4v) is 0.677. The largest absolute Gasteiger partial charge is 0.514 e. The second-order valence-corrected chi connectivity index (χ2v) is 2.17. The van der Waals surface area contributed by atoms with E-state index < -0.39 is 6.16 Å². The summed E-state index contributed by atoms with van der Waals surface area (Å²) in [6, 6.07) is 5.46. The number of pyridine rings is 1. The van der Waals surface area contributed by atoms with Crippen LogP contribution < -0.4 is 4.74 Å². The highest BCUT2D eigenvalue weighted by atomic mass is 35.5. The second kappa shape index (κ2) is 3.92. The molecule has 0 unspecified atom stereocenters. The Morgan fingerprint density at radius 3 is 3.00 bits per heavy atom. The molecule has 0 fully saturated rings. The third-order valence-corrected chi connectivity index (χ3v) is 1.17. The Hall–Kier alpha value is -1.29. The molecule has 1 rings (SSSR count). The molecule has 63 valence electrons. The lowest BCUT2D eigenvalue weighted by atomic mass is 10.5. The minimum absolute atomic E-state index is 0.0642. The predicted octanol–water partition coefficient (Wildman–Crippen LogP) is 1.68. The van der Waals surface area contributed by atoms with E-state index in [0.717, 1.165) is 0 Å². The van der Waals surface area contributed by atoms with Crippen LogP contribution in [0, 0.1) is 6.07 Å². The molecule has 0 aliphatic heterocycles. The molecule has 1 heterocycles. The maximum atomic E-state index is 10.6. The number of halogens is 1. The molecule has 0 aromatic carbocycles. The molecule has 4 nitrogen and oxygen atoms in total. The Balaban J connectivity index is 2.69. The third-order valence-electron chi connectivity index (χ3n) is 0.981. The van der Waals surface area contributed by atoms with Crippen LogP contribution in [0.1, 0.15) is 0 Å². The van der Waals surface area contributed by atoms with Crippen molar-refractivity contribution in [1.82, 2.24) is 4.98 Å². The molecular formula is C7H5ClNO3. The molecule has 0 aliphatic carbocycles. The number of ether oxygens (including phenoxy) is 2. The molecule has 12 heavy (non-hydrogen) atoms. The van der Waals surface area contributed by atoms with Gasteiger partial charge in [-0.05, 0) is 12.1 Å². The molecule has 0 N–H and O–H groups in total. The quantitative estimate of drug-likeness (QED) is 0.495. The molecule has 1 aromatic rings. The van der Waals surface area contributed by atoms with Gasteiger partial charge in [0.2, 0.25) is 5.88 Å². The first-order chi connectivity index (χ1) is 5.72. The van der Waals surface area contributed by atoms with Crippen LogP contribution in [0.5, 0.6) is 5.88 Å². The van der Waals surface area contributed by atoms with Gasteiger partial charge in [-0.1, -0.05) is 11.6 Å². The molecule has 0 bridgehead atoms. The normalized spacial score (nSPS) is 9.17. The maximum Gasteiger partial charge on any atom is 0.514 e. The molecule has 0 spiro atoms. The zero-order chi connectivity index (χ0) is 8.97. The van der Waals surface area contributed by atoms with Crippen LogP contribution in [0.4, 0.5) is 4.79 Å². The van der Waals surface area contributed by atoms with Crippen LogP contribution in [-0.2, 0) is 4.74 Å². The molecular weight excluding hydrogens is 182 g/mol. The van der Waals surface area contributed by atoms with Gasteiger partial charge in [0.15, 0.2) is 0 Å². The van der Waals surface area contributed by atoms with E-state index >= 15 is 0 Å². The van der Waals surface area contributed by atoms with Gasteiger partial charge in [-0.3, -0.25) is 0 Å². The van der Waals surface area contributed by atoms with Crippen molar-refractivity contribution in [1.29, 1.82) is 0 Å². The summed E-state index contributed by atoms with van der Waals surface area (Å²) in [5.41, 5.74) is 0. The number of carbonyl (C=O) groups is 1. The van der Waals surface area contributed by atoms with Gasteiger partial charge in [-0.25, -0.2) is 9.78 Å². The van der Waals surface area contributed by atoms with Gasteiger partial charge in [0, 0.05) is 6.07 Å². The van der Waals surface area contributed by atoms with E-state index in [0.29, 0.717) is 0 Å². The van der Waals surface area contributed by atoms with Crippen molar-refractivity contribution in [3.05, 3.63) is 23.4 Å². The molecule has 1 aromatic heterocycles. The Morgan fingerprint density at radius 1 is 1.67 bits per heavy atom. The lowest BCUT2D eigenvalue weighted by Gasteiger charge is -1.99. The number of carbonyl (C=O) groups excluding carboxylic acids is 1. The van der Waals surface area contributed by atoms with Crippen LogP contribution in [0.3, 0.4) is 0 Å². The molecule has 0 saturated carbocycles. The minimum atomic E-state index is -0.835. The van der Waals surface area contributed by atoms with Gasteiger partial charge in [-0.2, -0.15) is 0 Å². The van der Waals surface area contributed by atoms with Crippen molar-refractivity contribution in [3.63, 3.8) is 0 Å². The number of aromatic nitrogens is 1. The first-order valence-corrected chi connectivity index (χ1v) is 3.39. The number of nitrogens with zero attached hydrogens (tertiary/aromatic N) is 1. The summed E-state index contributed by atoms with van der Waals surface area (Å²) < 4.78 is 8.79. The summed E-state index contributed by atoms with van der Waals surface area (Å²) in [6.45, 7) is 0. The molecule has 5 heteroatoms. The van der Waals surface area contributed by atoms with Gasteiger partial charge in [0.05, 0.1) is 7.11 Å². The molecule has 0 aliphatic rings. The zero-order valence-corrected chi connectivity index (χ0v) is 6.96. The van der Waals surface area contributed by atoms with Crippen LogP contribution in [-0.4, -0.2) is 18.2 Å². The van der Waals surface area contributed by atoms with Gasteiger partial charge in [0.1, 0.15) is 5.15 Å². The monoisotopic (exact) mass is 186 g/mol. The Labute approximate surface area is 74.1 Å². The summed E-state index contributed by atoms with van der Waals surface area (Å²) in [6.07, 6.45) is -0.835. The molecule has 0 amide bonds. The first-order valence-electron chi connectivity index (χ1n) is 3.02. The van der Waals surface area contributed by atoms with Crippen molar-refractivity contribution < 1.29 is 14.3 Å². The fourth-order valence-electron chi connectivity index (χ4n) is 0.531. The maximum absolute atomic E-state index is 10.6. The second-order valence-electron chi connectivity index (χ2n) is 1.78. The Bertz CT molecular complexity index is 290. The average molecular weight is 187 g/mol. The summed E-state index contributed by atoms with van der Waals surface area (Å²) in [5.74, 6) is 0.0642. The summed E-state index contributed by atoms with van der Waals surface area (Å²) in [4.78, 5) is 14.2. The van der Waals surface area contributed by atoms with Crippen LogP contribution in [0.15, 0.2) is 12.1 Å². The highest BCUT2D eigenvalue weighted by molar-refractivity contribution is 6.29. The van der Waals surface area contributed by atoms with E-state index in [1.807, 2.05) is 0 Å². The Morgan fingerprint density at radius 2 is 2.42 bits per heavy atom. The predicted molar refractivity (Wildman–Crippen MR) is 41.1 cm³/mol. The zero-order valence-electron chi connectivity index (χ0n) is 6.20. The van der Waals surface area contributed by atoms with Gasteiger partial charge < -0.3 is 9.47 Å². The Kier molecular flexibility index (Phi) is 2.88. The highest BCUT2D eigenvalue weighted by Crippen LogP contribution is 2.10. The van der Waals surface area contributed by atoms with Crippen molar-refractivity contribution in [3.8, 4) is 5.88 Å². The van der Waals surface area contributed by atoms with Crippen molar-refractivity contribution in [2.24, 2.45) is 0 Å². The lowest BCUT2D eigenvalue weighted by Crippen LogP contribution is -2.08. The van der Waals surface area contributed by atoms with E-state index in [-0.39, 0.29) is 11.0 Å². The summed E-state index contributed by atoms with van der Waals surface area (Å²) >= 11 is 5.50. The van der Waals surface area contributed by atoms with E-state index in [9.17, 15) is 4.79 Å². The van der Waals surface area contributed by atoms with Crippen LogP contribution in [0.2, 0.25) is 5.15 Å². The van der Waals surface area contributed by atoms with E-state index in [1.165, 1.54) is 19.2 Å². The third kappa shape index (κ3) is 2.39. The number of rotatable bonds is 1. The standard InChI is InChI=1S/C7H5ClNO3/c1-11-7(10)12-6-4-2-3-5(8)9-6/h3-4H,1H3. The van der Waals surface area contributed by atoms with E-state index in [2.05, 4.69) is 20.5 Å². The van der Waals surface area contributed by atoms with E-state index in [1.54, 1.807) is 0 Å². The number of methoxy groups -OCH3 is 1. The topological polar surface area (TPSA) is 48.4 Å². The number of hydrogen-bond donors (Lipinski definition) is 0. The lowest BCUT2D eigenvalue weighted by molar-refractivity contribution is 0.119. The molecule has 0 atom stereocenters. The van der Waals surface area contributed by atoms with Crippen LogP contribution >= 0.6 is 11.6 Å². The van der Waals surface area contributed by atoms with Crippen molar-refractivity contribution in [2.45, 2.75) is 0 Å². The SMILES string of the molecule is COC(=O)Oc1c[c]cc(Cl)n1. The van der Waals surface area contributed by atoms with Crippen molar-refractivity contribution in [2.75, 3.05) is 7.11 Å². The van der Waals surface area contributed by atoms with Crippen molar-refractivity contribution >= 4 is 17.8 Å². The highest BCUT2D eigenvalue weighted by Gasteiger charge is 2.04. The van der Waals surface area contributed by atoms with Gasteiger partial charge in [-0.15, -0.1) is 0 Å². The molecule has 0 saturated heterocycles. The molecule has 1 radical (unpaired) electrons. The first kappa shape index (κ1) is 8.80. The average Bonchev–Trinajstić information content (AvgIpc) is 2.04. The smallest absolute Gasteiger partial charge is 0.437 e. The van der Waals surface area contributed by atoms with E-state index in [4.69, 9.17) is 11.6 Å². The van der Waals surface area contributed by atoms with Gasteiger partial charge in [0.25, 0.3) is 0 Å². The summed E-state index contributed by atoms with van der Waals surface area (Å²) in [5, 5.41) is 0.205. The minimum Gasteiger partial charge on any atom is -0.437 e. The van der Waals surface area contributed by atoms with Crippen LogP contribution in [0.25, 0.3) is 0 Å². The fraction of sp³-hybridized carbons (Fsp3) is 0.143. The van der Waals surface area contributed by atoms with Gasteiger partial charge >= 0.3 is 6.16 Å². The summed E-state index contributed by atoms with van der Waals surface area (Å²) in [7, 11) is 1.20.